The maximum absolute atomic E-state index is 12.6. The minimum Gasteiger partial charge on any atom is -0.395 e. The summed E-state index contributed by atoms with van der Waals surface area (Å²) >= 11 is 0. The van der Waals surface area contributed by atoms with Crippen molar-refractivity contribution in [2.45, 2.75) is 32.2 Å². The van der Waals surface area contributed by atoms with Gasteiger partial charge in [-0.15, -0.1) is 0 Å². The van der Waals surface area contributed by atoms with Gasteiger partial charge in [0.1, 0.15) is 0 Å². The fourth-order valence-electron chi connectivity index (χ4n) is 2.67. The fraction of sp³-hybridized carbons (Fsp3) is 0.769. The predicted molar refractivity (Wildman–Crippen MR) is 64.5 cm³/mol. The Bertz CT molecular complexity index is 308. The fourth-order valence-corrected chi connectivity index (χ4v) is 2.67. The van der Waals surface area contributed by atoms with E-state index < -0.39 is 5.41 Å². The van der Waals surface area contributed by atoms with Crippen LogP contribution in [-0.2, 0) is 9.53 Å². The SMILES string of the molecule is CCC1C=CCN1C(=O)C1(CO)CCOCC1. The van der Waals surface area contributed by atoms with Gasteiger partial charge in [0.05, 0.1) is 18.1 Å². The maximum Gasteiger partial charge on any atom is 0.232 e. The standard InChI is InChI=1S/C13H21NO3/c1-2-11-4-3-7-14(11)12(16)13(10-15)5-8-17-9-6-13/h3-4,11,15H,2,5-10H2,1H3. The molecule has 4 nitrogen and oxygen atoms in total. The van der Waals surface area contributed by atoms with E-state index in [1.54, 1.807) is 0 Å². The third-order valence-electron chi connectivity index (χ3n) is 3.95. The van der Waals surface area contributed by atoms with Crippen LogP contribution in [0, 0.1) is 5.41 Å². The first-order valence-corrected chi connectivity index (χ1v) is 6.40. The van der Waals surface area contributed by atoms with E-state index in [1.807, 2.05) is 11.0 Å². The lowest BCUT2D eigenvalue weighted by atomic mass is 9.79. The zero-order chi connectivity index (χ0) is 12.3. The molecule has 0 aromatic carbocycles. The molecule has 1 fully saturated rings. The first-order chi connectivity index (χ1) is 8.23. The van der Waals surface area contributed by atoms with E-state index in [2.05, 4.69) is 13.0 Å². The largest absolute Gasteiger partial charge is 0.395 e. The highest BCUT2D eigenvalue weighted by Gasteiger charge is 2.43. The van der Waals surface area contributed by atoms with Gasteiger partial charge in [-0.3, -0.25) is 4.79 Å². The third-order valence-corrected chi connectivity index (χ3v) is 3.95. The molecule has 2 aliphatic rings. The molecule has 2 rings (SSSR count). The van der Waals surface area contributed by atoms with Crippen molar-refractivity contribution in [2.24, 2.45) is 5.41 Å². The Kier molecular flexibility index (Phi) is 3.84. The molecule has 0 radical (unpaired) electrons. The van der Waals surface area contributed by atoms with E-state index in [0.717, 1.165) is 6.42 Å². The van der Waals surface area contributed by atoms with Gasteiger partial charge in [0.15, 0.2) is 0 Å². The summed E-state index contributed by atoms with van der Waals surface area (Å²) < 4.78 is 5.30. The van der Waals surface area contributed by atoms with Crippen molar-refractivity contribution >= 4 is 5.91 Å². The van der Waals surface area contributed by atoms with Gasteiger partial charge >= 0.3 is 0 Å². The summed E-state index contributed by atoms with van der Waals surface area (Å²) in [5, 5.41) is 9.61. The highest BCUT2D eigenvalue weighted by atomic mass is 16.5. The van der Waals surface area contributed by atoms with Gasteiger partial charge in [-0.05, 0) is 19.3 Å². The second-order valence-corrected chi connectivity index (χ2v) is 4.91. The van der Waals surface area contributed by atoms with Crippen LogP contribution in [0.15, 0.2) is 12.2 Å². The van der Waals surface area contributed by atoms with Crippen LogP contribution in [0.1, 0.15) is 26.2 Å². The molecular weight excluding hydrogens is 218 g/mol. The van der Waals surface area contributed by atoms with Gasteiger partial charge in [-0.1, -0.05) is 19.1 Å². The van der Waals surface area contributed by atoms with Crippen LogP contribution in [0.5, 0.6) is 0 Å². The average Bonchev–Trinajstić information content (AvgIpc) is 2.86. The topological polar surface area (TPSA) is 49.8 Å². The van der Waals surface area contributed by atoms with E-state index in [4.69, 9.17) is 4.74 Å². The summed E-state index contributed by atoms with van der Waals surface area (Å²) in [5.74, 6) is 0.0974. The van der Waals surface area contributed by atoms with Gasteiger partial charge in [0.2, 0.25) is 5.91 Å². The molecule has 2 aliphatic heterocycles. The lowest BCUT2D eigenvalue weighted by Crippen LogP contribution is -2.50. The number of hydrogen-bond acceptors (Lipinski definition) is 3. The van der Waals surface area contributed by atoms with E-state index in [0.29, 0.717) is 32.6 Å². The molecular formula is C13H21NO3. The highest BCUT2D eigenvalue weighted by molar-refractivity contribution is 5.84. The Morgan fingerprint density at radius 2 is 2.24 bits per heavy atom. The number of rotatable bonds is 3. The number of aliphatic hydroxyl groups excluding tert-OH is 1. The van der Waals surface area contributed by atoms with Crippen LogP contribution in [-0.4, -0.2) is 48.3 Å². The first kappa shape index (κ1) is 12.6. The van der Waals surface area contributed by atoms with Crippen molar-refractivity contribution in [3.8, 4) is 0 Å². The summed E-state index contributed by atoms with van der Waals surface area (Å²) in [6.45, 7) is 3.84. The lowest BCUT2D eigenvalue weighted by Gasteiger charge is -2.39. The number of aliphatic hydroxyl groups is 1. The molecule has 4 heteroatoms. The Morgan fingerprint density at radius 1 is 1.53 bits per heavy atom. The Morgan fingerprint density at radius 3 is 2.82 bits per heavy atom. The molecule has 0 aliphatic carbocycles. The van der Waals surface area contributed by atoms with Crippen molar-refractivity contribution in [3.05, 3.63) is 12.2 Å². The van der Waals surface area contributed by atoms with Crippen molar-refractivity contribution in [1.82, 2.24) is 4.90 Å². The molecule has 0 saturated carbocycles. The predicted octanol–water partition coefficient (Wildman–Crippen LogP) is 0.953. The van der Waals surface area contributed by atoms with E-state index >= 15 is 0 Å². The molecule has 0 aromatic rings. The average molecular weight is 239 g/mol. The minimum atomic E-state index is -0.600. The van der Waals surface area contributed by atoms with Crippen molar-refractivity contribution in [1.29, 1.82) is 0 Å². The third kappa shape index (κ3) is 2.24. The van der Waals surface area contributed by atoms with Gasteiger partial charge in [-0.2, -0.15) is 0 Å². The second-order valence-electron chi connectivity index (χ2n) is 4.91. The van der Waals surface area contributed by atoms with Crippen LogP contribution in [0.4, 0.5) is 0 Å². The number of hydrogen-bond donors (Lipinski definition) is 1. The molecule has 17 heavy (non-hydrogen) atoms. The monoisotopic (exact) mass is 239 g/mol. The van der Waals surface area contributed by atoms with Gasteiger partial charge in [0, 0.05) is 19.8 Å². The summed E-state index contributed by atoms with van der Waals surface area (Å²) in [4.78, 5) is 14.5. The second kappa shape index (κ2) is 5.19. The molecule has 2 heterocycles. The molecule has 1 amide bonds. The lowest BCUT2D eigenvalue weighted by molar-refractivity contribution is -0.152. The number of carbonyl (C=O) groups is 1. The molecule has 0 bridgehead atoms. The smallest absolute Gasteiger partial charge is 0.232 e. The van der Waals surface area contributed by atoms with E-state index in [-0.39, 0.29) is 18.6 Å². The number of carbonyl (C=O) groups excluding carboxylic acids is 1. The molecule has 1 unspecified atom stereocenters. The summed E-state index contributed by atoms with van der Waals surface area (Å²) in [5.41, 5.74) is -0.600. The minimum absolute atomic E-state index is 0.0673. The summed E-state index contributed by atoms with van der Waals surface area (Å²) in [6.07, 6.45) is 6.32. The Hall–Kier alpha value is -0.870. The van der Waals surface area contributed by atoms with Gasteiger partial charge in [0.25, 0.3) is 0 Å². The van der Waals surface area contributed by atoms with Crippen LogP contribution in [0.2, 0.25) is 0 Å². The molecule has 1 saturated heterocycles. The highest BCUT2D eigenvalue weighted by Crippen LogP contribution is 2.34. The van der Waals surface area contributed by atoms with Crippen molar-refractivity contribution in [2.75, 3.05) is 26.4 Å². The molecule has 96 valence electrons. The summed E-state index contributed by atoms with van der Waals surface area (Å²) in [6, 6.07) is 0.203. The zero-order valence-corrected chi connectivity index (χ0v) is 10.4. The summed E-state index contributed by atoms with van der Waals surface area (Å²) in [7, 11) is 0. The molecule has 0 aromatic heterocycles. The van der Waals surface area contributed by atoms with E-state index in [9.17, 15) is 9.90 Å². The van der Waals surface area contributed by atoms with Crippen LogP contribution in [0.3, 0.4) is 0 Å². The zero-order valence-electron chi connectivity index (χ0n) is 10.4. The van der Waals surface area contributed by atoms with Crippen molar-refractivity contribution < 1.29 is 14.6 Å². The van der Waals surface area contributed by atoms with Crippen LogP contribution >= 0.6 is 0 Å². The van der Waals surface area contributed by atoms with Gasteiger partial charge < -0.3 is 14.7 Å². The number of ether oxygens (including phenoxy) is 1. The maximum atomic E-state index is 12.6. The van der Waals surface area contributed by atoms with Crippen LogP contribution in [0.25, 0.3) is 0 Å². The first-order valence-electron chi connectivity index (χ1n) is 6.40. The normalized spacial score (nSPS) is 27.4. The quantitative estimate of drug-likeness (QED) is 0.746. The Balaban J connectivity index is 2.11. The van der Waals surface area contributed by atoms with Crippen molar-refractivity contribution in [3.63, 3.8) is 0 Å². The molecule has 1 atom stereocenters. The number of nitrogens with zero attached hydrogens (tertiary/aromatic N) is 1. The van der Waals surface area contributed by atoms with Gasteiger partial charge in [-0.25, -0.2) is 0 Å². The Labute approximate surface area is 102 Å². The number of amides is 1. The molecule has 1 N–H and O–H groups in total. The molecule has 0 spiro atoms. The van der Waals surface area contributed by atoms with Crippen LogP contribution < -0.4 is 0 Å². The van der Waals surface area contributed by atoms with E-state index in [1.165, 1.54) is 0 Å².